The topological polar surface area (TPSA) is 98.0 Å². The first-order chi connectivity index (χ1) is 13.0. The van der Waals surface area contributed by atoms with Gasteiger partial charge in [-0.25, -0.2) is 0 Å². The Balaban J connectivity index is 1.57. The van der Waals surface area contributed by atoms with E-state index in [4.69, 9.17) is 11.6 Å². The average Bonchev–Trinajstić information content (AvgIpc) is 3.09. The molecule has 27 heavy (non-hydrogen) atoms. The lowest BCUT2D eigenvalue weighted by Crippen LogP contribution is -2.12. The van der Waals surface area contributed by atoms with Crippen LogP contribution in [0.1, 0.15) is 27.3 Å². The third-order valence-corrected chi connectivity index (χ3v) is 5.01. The van der Waals surface area contributed by atoms with Gasteiger partial charge in [-0.3, -0.25) is 20.2 Å². The Bertz CT molecular complexity index is 962. The maximum absolute atomic E-state index is 12.3. The maximum Gasteiger partial charge on any atom is 0.270 e. The summed E-state index contributed by atoms with van der Waals surface area (Å²) in [7, 11) is 0. The van der Waals surface area contributed by atoms with Gasteiger partial charge in [0.2, 0.25) is 5.13 Å². The maximum atomic E-state index is 12.3. The van der Waals surface area contributed by atoms with Gasteiger partial charge in [-0.2, -0.15) is 0 Å². The highest BCUT2D eigenvalue weighted by Gasteiger charge is 2.16. The Morgan fingerprint density at radius 2 is 1.93 bits per heavy atom. The molecule has 7 nitrogen and oxygen atoms in total. The van der Waals surface area contributed by atoms with Gasteiger partial charge in [-0.15, -0.1) is 10.2 Å². The van der Waals surface area contributed by atoms with Crippen LogP contribution in [0.4, 0.5) is 10.8 Å². The molecule has 138 valence electrons. The van der Waals surface area contributed by atoms with Crippen molar-refractivity contribution < 1.29 is 9.72 Å². The van der Waals surface area contributed by atoms with Crippen LogP contribution < -0.4 is 5.32 Å². The fourth-order valence-corrected chi connectivity index (χ4v) is 3.50. The van der Waals surface area contributed by atoms with E-state index in [1.165, 1.54) is 29.0 Å². The molecule has 3 aromatic rings. The van der Waals surface area contributed by atoms with Crippen LogP contribution in [0.25, 0.3) is 0 Å². The van der Waals surface area contributed by atoms with Crippen molar-refractivity contribution in [2.24, 2.45) is 0 Å². The Kier molecular flexibility index (Phi) is 6.10. The highest BCUT2D eigenvalue weighted by molar-refractivity contribution is 7.15. The van der Waals surface area contributed by atoms with Crippen LogP contribution in [0.2, 0.25) is 5.02 Å². The summed E-state index contributed by atoms with van der Waals surface area (Å²) < 4.78 is 0. The van der Waals surface area contributed by atoms with Gasteiger partial charge in [-0.05, 0) is 24.5 Å². The molecule has 0 aliphatic carbocycles. The molecule has 0 aliphatic rings. The van der Waals surface area contributed by atoms with Crippen molar-refractivity contribution in [3.8, 4) is 0 Å². The first-order valence-electron chi connectivity index (χ1n) is 8.14. The minimum atomic E-state index is -0.569. The van der Waals surface area contributed by atoms with Crippen LogP contribution in [-0.4, -0.2) is 21.0 Å². The summed E-state index contributed by atoms with van der Waals surface area (Å²) in [6.07, 6.45) is 2.64. The van der Waals surface area contributed by atoms with Crippen LogP contribution >= 0.6 is 22.9 Å². The smallest absolute Gasteiger partial charge is 0.270 e. The number of rotatable bonds is 7. The van der Waals surface area contributed by atoms with Gasteiger partial charge in [0, 0.05) is 18.6 Å². The number of nitrogens with one attached hydrogen (secondary N) is 1. The summed E-state index contributed by atoms with van der Waals surface area (Å²) in [5.41, 5.74) is 1.24. The first-order valence-corrected chi connectivity index (χ1v) is 9.34. The molecule has 0 saturated carbocycles. The number of nitrogens with zero attached hydrogens (tertiary/aromatic N) is 3. The van der Waals surface area contributed by atoms with E-state index in [0.717, 1.165) is 30.3 Å². The van der Waals surface area contributed by atoms with Gasteiger partial charge in [0.05, 0.1) is 15.5 Å². The summed E-state index contributed by atoms with van der Waals surface area (Å²) in [5, 5.41) is 22.6. The van der Waals surface area contributed by atoms with E-state index in [0.29, 0.717) is 5.13 Å². The number of anilines is 1. The predicted octanol–water partition coefficient (Wildman–Crippen LogP) is 4.53. The molecule has 9 heteroatoms. The van der Waals surface area contributed by atoms with E-state index in [-0.39, 0.29) is 16.3 Å². The molecule has 0 bridgehead atoms. The number of non-ortho nitro benzene ring substituents is 1. The number of carbonyl (C=O) groups excluding carboxylic acids is 1. The van der Waals surface area contributed by atoms with E-state index in [1.807, 2.05) is 18.2 Å². The van der Waals surface area contributed by atoms with E-state index < -0.39 is 10.8 Å². The number of hydrogen-bond donors (Lipinski definition) is 1. The van der Waals surface area contributed by atoms with Crippen molar-refractivity contribution >= 4 is 39.7 Å². The molecule has 0 atom stereocenters. The monoisotopic (exact) mass is 402 g/mol. The number of carbonyl (C=O) groups is 1. The number of benzene rings is 2. The van der Waals surface area contributed by atoms with E-state index in [1.54, 1.807) is 0 Å². The van der Waals surface area contributed by atoms with Crippen LogP contribution in [-0.2, 0) is 12.8 Å². The normalized spacial score (nSPS) is 10.6. The van der Waals surface area contributed by atoms with Gasteiger partial charge >= 0.3 is 0 Å². The van der Waals surface area contributed by atoms with Crippen molar-refractivity contribution in [2.45, 2.75) is 19.3 Å². The molecule has 0 fully saturated rings. The van der Waals surface area contributed by atoms with Crippen molar-refractivity contribution in [3.05, 3.63) is 79.8 Å². The fraction of sp³-hybridized carbons (Fsp3) is 0.167. The molecule has 0 saturated heterocycles. The molecule has 1 amide bonds. The van der Waals surface area contributed by atoms with Gasteiger partial charge in [0.1, 0.15) is 5.01 Å². The molecule has 3 rings (SSSR count). The summed E-state index contributed by atoms with van der Waals surface area (Å²) >= 11 is 7.27. The number of aromatic nitrogens is 2. The van der Waals surface area contributed by atoms with Gasteiger partial charge in [0.25, 0.3) is 11.6 Å². The van der Waals surface area contributed by atoms with Crippen molar-refractivity contribution in [2.75, 3.05) is 5.32 Å². The van der Waals surface area contributed by atoms with Gasteiger partial charge < -0.3 is 0 Å². The molecule has 0 unspecified atom stereocenters. The second-order valence-corrected chi connectivity index (χ2v) is 7.18. The lowest BCUT2D eigenvalue weighted by molar-refractivity contribution is -0.384. The Morgan fingerprint density at radius 3 is 2.63 bits per heavy atom. The van der Waals surface area contributed by atoms with Crippen molar-refractivity contribution in [3.63, 3.8) is 0 Å². The van der Waals surface area contributed by atoms with Crippen LogP contribution in [0.5, 0.6) is 0 Å². The predicted molar refractivity (Wildman–Crippen MR) is 104 cm³/mol. The fourth-order valence-electron chi connectivity index (χ4n) is 2.46. The molecular formula is C18H15ClN4O3S. The number of amides is 1. The number of halogens is 1. The first kappa shape index (κ1) is 18.9. The third-order valence-electron chi connectivity index (χ3n) is 3.79. The zero-order chi connectivity index (χ0) is 19.2. The highest BCUT2D eigenvalue weighted by Crippen LogP contribution is 2.24. The molecule has 0 radical (unpaired) electrons. The number of nitro groups is 1. The minimum Gasteiger partial charge on any atom is -0.296 e. The van der Waals surface area contributed by atoms with E-state index >= 15 is 0 Å². The zero-order valence-electron chi connectivity index (χ0n) is 14.1. The zero-order valence-corrected chi connectivity index (χ0v) is 15.7. The molecule has 1 heterocycles. The molecule has 1 N–H and O–H groups in total. The highest BCUT2D eigenvalue weighted by atomic mass is 35.5. The lowest BCUT2D eigenvalue weighted by atomic mass is 10.1. The third kappa shape index (κ3) is 5.08. The molecule has 2 aromatic carbocycles. The summed E-state index contributed by atoms with van der Waals surface area (Å²) in [6, 6.07) is 13.9. The molecular weight excluding hydrogens is 388 g/mol. The van der Waals surface area contributed by atoms with Crippen molar-refractivity contribution in [1.29, 1.82) is 0 Å². The number of aryl methyl sites for hydroxylation is 2. The lowest BCUT2D eigenvalue weighted by Gasteiger charge is -2.03. The van der Waals surface area contributed by atoms with Crippen molar-refractivity contribution in [1.82, 2.24) is 10.2 Å². The Labute approximate surface area is 164 Å². The Morgan fingerprint density at radius 1 is 1.15 bits per heavy atom. The summed E-state index contributed by atoms with van der Waals surface area (Å²) in [5.74, 6) is -0.484. The second-order valence-electron chi connectivity index (χ2n) is 5.72. The molecule has 0 aliphatic heterocycles. The number of hydrogen-bond acceptors (Lipinski definition) is 6. The van der Waals surface area contributed by atoms with Crippen LogP contribution in [0, 0.1) is 10.1 Å². The standard InChI is InChI=1S/C18H15ClN4O3S/c19-15-11-13(23(25)26)9-10-14(15)17(24)20-18-22-21-16(27-18)8-4-7-12-5-2-1-3-6-12/h1-3,5-6,9-11H,4,7-8H2,(H,20,22,24). The minimum absolute atomic E-state index is 0.00861. The quantitative estimate of drug-likeness (QED) is 0.462. The van der Waals surface area contributed by atoms with E-state index in [2.05, 4.69) is 27.6 Å². The van der Waals surface area contributed by atoms with Crippen LogP contribution in [0.3, 0.4) is 0 Å². The molecule has 1 aromatic heterocycles. The van der Waals surface area contributed by atoms with Crippen LogP contribution in [0.15, 0.2) is 48.5 Å². The summed E-state index contributed by atoms with van der Waals surface area (Å²) in [4.78, 5) is 22.5. The largest absolute Gasteiger partial charge is 0.296 e. The van der Waals surface area contributed by atoms with E-state index in [9.17, 15) is 14.9 Å². The Hall–Kier alpha value is -2.84. The SMILES string of the molecule is O=C(Nc1nnc(CCCc2ccccc2)s1)c1ccc([N+](=O)[O-])cc1Cl. The summed E-state index contributed by atoms with van der Waals surface area (Å²) in [6.45, 7) is 0. The average molecular weight is 403 g/mol. The molecule has 0 spiro atoms. The van der Waals surface area contributed by atoms with Gasteiger partial charge in [0.15, 0.2) is 0 Å². The number of nitro benzene ring substituents is 1. The second kappa shape index (κ2) is 8.70. The van der Waals surface area contributed by atoms with Gasteiger partial charge in [-0.1, -0.05) is 53.3 Å².